The first-order valence-electron chi connectivity index (χ1n) is 6.99. The highest BCUT2D eigenvalue weighted by Crippen LogP contribution is 2.46. The largest absolute Gasteiger partial charge is 0.480 e. The summed E-state index contributed by atoms with van der Waals surface area (Å²) in [5, 5.41) is 1.70. The Balaban J connectivity index is 2.40. The monoisotopic (exact) mass is 332 g/mol. The van der Waals surface area contributed by atoms with Crippen molar-refractivity contribution < 1.29 is 4.74 Å². The van der Waals surface area contributed by atoms with Crippen LogP contribution >= 0.6 is 22.9 Å². The number of rotatable bonds is 2. The first kappa shape index (κ1) is 15.3. The number of hydrogen-bond donors (Lipinski definition) is 0. The van der Waals surface area contributed by atoms with Crippen LogP contribution in [0.15, 0.2) is 30.6 Å². The SMILES string of the molecule is COc1ncnc2sc(C(C)(C)C)c(-c3ccc(Cl)cc3)c12. The zero-order chi connectivity index (χ0) is 15.9. The van der Waals surface area contributed by atoms with E-state index in [1.54, 1.807) is 24.8 Å². The van der Waals surface area contributed by atoms with Gasteiger partial charge in [-0.05, 0) is 23.1 Å². The van der Waals surface area contributed by atoms with Crippen molar-refractivity contribution in [2.75, 3.05) is 7.11 Å². The third kappa shape index (κ3) is 2.57. The quantitative estimate of drug-likeness (QED) is 0.637. The van der Waals surface area contributed by atoms with Gasteiger partial charge in [0.05, 0.1) is 12.5 Å². The summed E-state index contributed by atoms with van der Waals surface area (Å²) in [5.74, 6) is 0.613. The molecule has 0 aliphatic heterocycles. The number of methoxy groups -OCH3 is 1. The van der Waals surface area contributed by atoms with E-state index in [1.807, 2.05) is 24.3 Å². The van der Waals surface area contributed by atoms with Crippen LogP contribution in [0.5, 0.6) is 5.88 Å². The van der Waals surface area contributed by atoms with E-state index >= 15 is 0 Å². The third-order valence-electron chi connectivity index (χ3n) is 3.46. The minimum atomic E-state index is 0.00531. The van der Waals surface area contributed by atoms with Crippen molar-refractivity contribution in [3.63, 3.8) is 0 Å². The Morgan fingerprint density at radius 3 is 2.36 bits per heavy atom. The lowest BCUT2D eigenvalue weighted by Gasteiger charge is -2.19. The van der Waals surface area contributed by atoms with Crippen molar-refractivity contribution in [1.29, 1.82) is 0 Å². The smallest absolute Gasteiger partial charge is 0.225 e. The zero-order valence-corrected chi connectivity index (χ0v) is 14.5. The Hall–Kier alpha value is -1.65. The number of halogens is 1. The Morgan fingerprint density at radius 1 is 1.09 bits per heavy atom. The number of nitrogens with zero attached hydrogens (tertiary/aromatic N) is 2. The van der Waals surface area contributed by atoms with E-state index < -0.39 is 0 Å². The second-order valence-corrected chi connectivity index (χ2v) is 7.56. The van der Waals surface area contributed by atoms with Crippen molar-refractivity contribution >= 4 is 33.2 Å². The molecule has 3 rings (SSSR count). The molecule has 0 aliphatic carbocycles. The Kier molecular flexibility index (Phi) is 3.83. The first-order chi connectivity index (χ1) is 10.4. The summed E-state index contributed by atoms with van der Waals surface area (Å²) in [5.41, 5.74) is 2.25. The molecule has 0 atom stereocenters. The van der Waals surface area contributed by atoms with Gasteiger partial charge in [0.1, 0.15) is 11.2 Å². The molecule has 114 valence electrons. The van der Waals surface area contributed by atoms with Crippen LogP contribution in [0.2, 0.25) is 5.02 Å². The van der Waals surface area contributed by atoms with Crippen molar-refractivity contribution in [2.45, 2.75) is 26.2 Å². The van der Waals surface area contributed by atoms with Crippen LogP contribution in [0.4, 0.5) is 0 Å². The van der Waals surface area contributed by atoms with Crippen LogP contribution in [0.1, 0.15) is 25.6 Å². The normalized spacial score (nSPS) is 11.9. The van der Waals surface area contributed by atoms with E-state index in [-0.39, 0.29) is 5.41 Å². The van der Waals surface area contributed by atoms with E-state index in [0.717, 1.165) is 26.4 Å². The number of benzene rings is 1. The van der Waals surface area contributed by atoms with Gasteiger partial charge in [-0.25, -0.2) is 9.97 Å². The molecule has 0 amide bonds. The summed E-state index contributed by atoms with van der Waals surface area (Å²) in [6.45, 7) is 6.62. The van der Waals surface area contributed by atoms with Crippen LogP contribution in [0.25, 0.3) is 21.3 Å². The second-order valence-electron chi connectivity index (χ2n) is 6.13. The summed E-state index contributed by atoms with van der Waals surface area (Å²) in [7, 11) is 1.64. The van der Waals surface area contributed by atoms with Gasteiger partial charge in [-0.15, -0.1) is 11.3 Å². The molecule has 2 heterocycles. The van der Waals surface area contributed by atoms with Gasteiger partial charge in [0.2, 0.25) is 5.88 Å². The molecular weight excluding hydrogens is 316 g/mol. The van der Waals surface area contributed by atoms with Crippen LogP contribution < -0.4 is 4.74 Å². The van der Waals surface area contributed by atoms with Crippen LogP contribution in [0, 0.1) is 0 Å². The van der Waals surface area contributed by atoms with Gasteiger partial charge in [-0.3, -0.25) is 0 Å². The lowest BCUT2D eigenvalue weighted by molar-refractivity contribution is 0.403. The predicted octanol–water partition coefficient (Wildman–Crippen LogP) is 5.32. The van der Waals surface area contributed by atoms with Gasteiger partial charge in [-0.2, -0.15) is 0 Å². The van der Waals surface area contributed by atoms with Crippen molar-refractivity contribution in [3.05, 3.63) is 40.5 Å². The molecule has 0 bridgehead atoms. The fourth-order valence-electron chi connectivity index (χ4n) is 2.48. The molecule has 0 radical (unpaired) electrons. The highest BCUT2D eigenvalue weighted by atomic mass is 35.5. The highest BCUT2D eigenvalue weighted by Gasteiger charge is 2.26. The van der Waals surface area contributed by atoms with Gasteiger partial charge in [-0.1, -0.05) is 44.5 Å². The summed E-state index contributed by atoms with van der Waals surface area (Å²) in [6, 6.07) is 7.88. The Labute approximate surface area is 138 Å². The molecule has 5 heteroatoms. The fourth-order valence-corrected chi connectivity index (χ4v) is 3.82. The molecule has 2 aromatic heterocycles. The lowest BCUT2D eigenvalue weighted by Crippen LogP contribution is -2.10. The lowest BCUT2D eigenvalue weighted by atomic mass is 9.88. The average Bonchev–Trinajstić information content (AvgIpc) is 2.87. The molecule has 3 aromatic rings. The van der Waals surface area contributed by atoms with Crippen molar-refractivity contribution in [3.8, 4) is 17.0 Å². The van der Waals surface area contributed by atoms with Crippen LogP contribution in [-0.4, -0.2) is 17.1 Å². The number of fused-ring (bicyclic) bond motifs is 1. The average molecular weight is 333 g/mol. The molecule has 0 spiro atoms. The summed E-state index contributed by atoms with van der Waals surface area (Å²) >= 11 is 7.73. The number of thiophene rings is 1. The maximum atomic E-state index is 6.03. The molecule has 0 saturated heterocycles. The van der Waals surface area contributed by atoms with Gasteiger partial charge >= 0.3 is 0 Å². The highest BCUT2D eigenvalue weighted by molar-refractivity contribution is 7.19. The molecule has 0 fully saturated rings. The summed E-state index contributed by atoms with van der Waals surface area (Å²) in [4.78, 5) is 10.9. The van der Waals surface area contributed by atoms with E-state index in [0.29, 0.717) is 5.88 Å². The molecule has 1 aromatic carbocycles. The molecule has 0 unspecified atom stereocenters. The molecule has 0 N–H and O–H groups in total. The van der Waals surface area contributed by atoms with Gasteiger partial charge < -0.3 is 4.74 Å². The van der Waals surface area contributed by atoms with Crippen molar-refractivity contribution in [1.82, 2.24) is 9.97 Å². The number of hydrogen-bond acceptors (Lipinski definition) is 4. The molecular formula is C17H17ClN2OS. The maximum absolute atomic E-state index is 6.03. The fraction of sp³-hybridized carbons (Fsp3) is 0.294. The second kappa shape index (κ2) is 5.52. The number of aromatic nitrogens is 2. The van der Waals surface area contributed by atoms with Crippen molar-refractivity contribution in [2.24, 2.45) is 0 Å². The van der Waals surface area contributed by atoms with E-state index in [2.05, 4.69) is 30.7 Å². The zero-order valence-electron chi connectivity index (χ0n) is 13.0. The molecule has 22 heavy (non-hydrogen) atoms. The topological polar surface area (TPSA) is 35.0 Å². The summed E-state index contributed by atoms with van der Waals surface area (Å²) in [6.07, 6.45) is 1.55. The first-order valence-corrected chi connectivity index (χ1v) is 8.19. The maximum Gasteiger partial charge on any atom is 0.225 e. The Morgan fingerprint density at radius 2 is 1.77 bits per heavy atom. The number of ether oxygens (including phenoxy) is 1. The predicted molar refractivity (Wildman–Crippen MR) is 93.1 cm³/mol. The van der Waals surface area contributed by atoms with Gasteiger partial charge in [0, 0.05) is 15.5 Å². The molecule has 0 saturated carbocycles. The van der Waals surface area contributed by atoms with E-state index in [9.17, 15) is 0 Å². The van der Waals surface area contributed by atoms with Crippen LogP contribution in [-0.2, 0) is 5.41 Å². The van der Waals surface area contributed by atoms with Gasteiger partial charge in [0.25, 0.3) is 0 Å². The minimum absolute atomic E-state index is 0.00531. The van der Waals surface area contributed by atoms with E-state index in [1.165, 1.54) is 4.88 Å². The molecule has 3 nitrogen and oxygen atoms in total. The standard InChI is InChI=1S/C17H17ClN2OS/c1-17(2,3)14-12(10-5-7-11(18)8-6-10)13-15(21-4)19-9-20-16(13)22-14/h5-9H,1-4H3. The van der Waals surface area contributed by atoms with E-state index in [4.69, 9.17) is 16.3 Å². The summed E-state index contributed by atoms with van der Waals surface area (Å²) < 4.78 is 5.47. The Bertz CT molecular complexity index is 819. The van der Waals surface area contributed by atoms with Crippen LogP contribution in [0.3, 0.4) is 0 Å². The third-order valence-corrected chi connectivity index (χ3v) is 5.24. The minimum Gasteiger partial charge on any atom is -0.480 e. The van der Waals surface area contributed by atoms with Gasteiger partial charge in [0.15, 0.2) is 0 Å². The molecule has 0 aliphatic rings.